The number of nitrogens with zero attached hydrogens (tertiary/aromatic N) is 2. The minimum absolute atomic E-state index is 0.0698. The van der Waals surface area contributed by atoms with Crippen LogP contribution in [0.4, 0.5) is 11.4 Å². The Bertz CT molecular complexity index is 1140. The molecule has 3 amide bonds. The molecule has 0 unspecified atom stereocenters. The van der Waals surface area contributed by atoms with Crippen molar-refractivity contribution in [2.75, 3.05) is 50.5 Å². The van der Waals surface area contributed by atoms with Gasteiger partial charge in [0.15, 0.2) is 0 Å². The number of likely N-dealkylation sites (N-methyl/N-ethyl adjacent to an activating group) is 1. The molecule has 184 valence electrons. The van der Waals surface area contributed by atoms with Gasteiger partial charge in [-0.15, -0.1) is 0 Å². The highest BCUT2D eigenvalue weighted by Crippen LogP contribution is 2.27. The molecular weight excluding hydrogens is 557 g/mol. The van der Waals surface area contributed by atoms with Gasteiger partial charge in [0.05, 0.1) is 5.57 Å². The predicted octanol–water partition coefficient (Wildman–Crippen LogP) is 2.91. The highest BCUT2D eigenvalue weighted by atomic mass is 127. The van der Waals surface area contributed by atoms with Crippen molar-refractivity contribution in [2.45, 2.75) is 12.8 Å². The third-order valence-electron chi connectivity index (χ3n) is 6.33. The van der Waals surface area contributed by atoms with E-state index in [1.807, 2.05) is 50.5 Å². The molecule has 8 nitrogen and oxygen atoms in total. The molecule has 2 aliphatic rings. The number of rotatable bonds is 7. The number of piperidine rings is 1. The van der Waals surface area contributed by atoms with Crippen LogP contribution in [-0.2, 0) is 9.59 Å². The number of fused-ring (bicyclic) bond motifs is 1. The summed E-state index contributed by atoms with van der Waals surface area (Å²) in [6.07, 6.45) is 3.32. The van der Waals surface area contributed by atoms with Gasteiger partial charge in [0, 0.05) is 64.4 Å². The van der Waals surface area contributed by atoms with Crippen molar-refractivity contribution in [2.24, 2.45) is 5.92 Å². The molecule has 1 fully saturated rings. The molecule has 1 saturated heterocycles. The van der Waals surface area contributed by atoms with Crippen molar-refractivity contribution in [1.29, 1.82) is 0 Å². The fourth-order valence-corrected chi connectivity index (χ4v) is 4.80. The number of carbonyl (C=O) groups is 3. The Morgan fingerprint density at radius 3 is 2.49 bits per heavy atom. The first-order chi connectivity index (χ1) is 16.8. The SMILES string of the molecule is CN(C)CCNC(=O)C1CCN(c2ccc(NC=C3C(=O)NC(=O)c4ccc(I)cc43)cc2)CC1. The van der Waals surface area contributed by atoms with Crippen LogP contribution in [0, 0.1) is 9.49 Å². The molecule has 0 radical (unpaired) electrons. The van der Waals surface area contributed by atoms with Gasteiger partial charge >= 0.3 is 0 Å². The van der Waals surface area contributed by atoms with Gasteiger partial charge in [-0.1, -0.05) is 0 Å². The van der Waals surface area contributed by atoms with Gasteiger partial charge < -0.3 is 20.4 Å². The zero-order valence-corrected chi connectivity index (χ0v) is 22.1. The van der Waals surface area contributed by atoms with Crippen LogP contribution in [0.15, 0.2) is 48.7 Å². The minimum Gasteiger partial charge on any atom is -0.371 e. The van der Waals surface area contributed by atoms with Crippen LogP contribution in [0.1, 0.15) is 28.8 Å². The van der Waals surface area contributed by atoms with Gasteiger partial charge in [-0.3, -0.25) is 19.7 Å². The van der Waals surface area contributed by atoms with E-state index in [0.717, 1.165) is 47.4 Å². The molecule has 9 heteroatoms. The summed E-state index contributed by atoms with van der Waals surface area (Å²) in [6.45, 7) is 3.20. The fourth-order valence-electron chi connectivity index (χ4n) is 4.31. The average molecular weight is 587 g/mol. The minimum atomic E-state index is -0.415. The largest absolute Gasteiger partial charge is 0.371 e. The van der Waals surface area contributed by atoms with Crippen molar-refractivity contribution in [3.05, 3.63) is 63.4 Å². The summed E-state index contributed by atoms with van der Waals surface area (Å²) in [4.78, 5) is 41.3. The highest BCUT2D eigenvalue weighted by molar-refractivity contribution is 14.1. The van der Waals surface area contributed by atoms with Gasteiger partial charge in [-0.25, -0.2) is 0 Å². The maximum atomic E-state index is 12.4. The van der Waals surface area contributed by atoms with Crippen molar-refractivity contribution < 1.29 is 14.4 Å². The van der Waals surface area contributed by atoms with E-state index in [-0.39, 0.29) is 17.7 Å². The van der Waals surface area contributed by atoms with Gasteiger partial charge in [-0.2, -0.15) is 0 Å². The summed E-state index contributed by atoms with van der Waals surface area (Å²) in [6, 6.07) is 13.4. The van der Waals surface area contributed by atoms with E-state index in [0.29, 0.717) is 23.2 Å². The monoisotopic (exact) mass is 587 g/mol. The molecule has 0 atom stereocenters. The molecule has 4 rings (SSSR count). The second kappa shape index (κ2) is 11.2. The van der Waals surface area contributed by atoms with E-state index in [2.05, 4.69) is 48.3 Å². The van der Waals surface area contributed by atoms with Crippen LogP contribution < -0.4 is 20.9 Å². The molecule has 3 N–H and O–H groups in total. The number of carbonyl (C=O) groups excluding carboxylic acids is 3. The summed E-state index contributed by atoms with van der Waals surface area (Å²) in [5.41, 5.74) is 3.49. The zero-order chi connectivity index (χ0) is 24.9. The number of hydrogen-bond donors (Lipinski definition) is 3. The quantitative estimate of drug-likeness (QED) is 0.262. The smallest absolute Gasteiger partial charge is 0.260 e. The van der Waals surface area contributed by atoms with Gasteiger partial charge in [-0.05, 0) is 92.0 Å². The lowest BCUT2D eigenvalue weighted by Gasteiger charge is -2.33. The lowest BCUT2D eigenvalue weighted by Crippen LogP contribution is -2.42. The molecule has 2 heterocycles. The second-order valence-electron chi connectivity index (χ2n) is 9.08. The molecule has 0 aromatic heterocycles. The first-order valence-corrected chi connectivity index (χ1v) is 12.8. The number of nitrogens with one attached hydrogen (secondary N) is 3. The molecular formula is C26H30IN5O3. The Morgan fingerprint density at radius 2 is 1.80 bits per heavy atom. The molecule has 0 aliphatic carbocycles. The Morgan fingerprint density at radius 1 is 1.09 bits per heavy atom. The fraction of sp³-hybridized carbons (Fsp3) is 0.346. The molecule has 2 aromatic rings. The Kier molecular flexibility index (Phi) is 8.07. The van der Waals surface area contributed by atoms with E-state index >= 15 is 0 Å². The van der Waals surface area contributed by atoms with Crippen LogP contribution in [0.25, 0.3) is 5.57 Å². The normalized spacial score (nSPS) is 17.4. The van der Waals surface area contributed by atoms with Gasteiger partial charge in [0.1, 0.15) is 0 Å². The number of amides is 3. The molecule has 0 saturated carbocycles. The van der Waals surface area contributed by atoms with Crippen molar-refractivity contribution in [3.8, 4) is 0 Å². The van der Waals surface area contributed by atoms with Crippen LogP contribution in [0.3, 0.4) is 0 Å². The third kappa shape index (κ3) is 6.21. The van der Waals surface area contributed by atoms with E-state index in [9.17, 15) is 14.4 Å². The maximum absolute atomic E-state index is 12.4. The summed E-state index contributed by atoms with van der Waals surface area (Å²) in [7, 11) is 3.99. The second-order valence-corrected chi connectivity index (χ2v) is 10.3. The summed E-state index contributed by atoms with van der Waals surface area (Å²) in [5, 5.41) is 8.62. The molecule has 2 aliphatic heterocycles. The Labute approximate surface area is 219 Å². The van der Waals surface area contributed by atoms with Crippen LogP contribution in [-0.4, -0.2) is 62.9 Å². The standard InChI is InChI=1S/C26H30IN5O3/c1-31(2)14-11-28-24(33)17-9-12-32(13-10-17)20-6-4-19(5-7-20)29-16-23-22-15-18(27)3-8-21(22)25(34)30-26(23)35/h3-8,15-17,29H,9-14H2,1-2H3,(H,28,33)(H,30,34,35). The highest BCUT2D eigenvalue weighted by Gasteiger charge is 2.27. The van der Waals surface area contributed by atoms with Crippen molar-refractivity contribution in [3.63, 3.8) is 0 Å². The van der Waals surface area contributed by atoms with E-state index in [1.54, 1.807) is 12.3 Å². The average Bonchev–Trinajstić information content (AvgIpc) is 2.84. The molecule has 0 bridgehead atoms. The number of halogens is 1. The van der Waals surface area contributed by atoms with Gasteiger partial charge in [0.25, 0.3) is 11.8 Å². The molecule has 2 aromatic carbocycles. The van der Waals surface area contributed by atoms with Crippen LogP contribution >= 0.6 is 22.6 Å². The van der Waals surface area contributed by atoms with Gasteiger partial charge in [0.2, 0.25) is 5.91 Å². The first kappa shape index (κ1) is 25.2. The summed E-state index contributed by atoms with van der Waals surface area (Å²) < 4.78 is 0.953. The van der Waals surface area contributed by atoms with Crippen molar-refractivity contribution in [1.82, 2.24) is 15.5 Å². The predicted molar refractivity (Wildman–Crippen MR) is 146 cm³/mol. The Hall–Kier alpha value is -2.92. The van der Waals surface area contributed by atoms with E-state index < -0.39 is 5.91 Å². The lowest BCUT2D eigenvalue weighted by molar-refractivity contribution is -0.125. The number of imide groups is 1. The number of hydrogen-bond acceptors (Lipinski definition) is 6. The first-order valence-electron chi connectivity index (χ1n) is 11.7. The van der Waals surface area contributed by atoms with Crippen LogP contribution in [0.5, 0.6) is 0 Å². The number of benzene rings is 2. The molecule has 0 spiro atoms. The van der Waals surface area contributed by atoms with E-state index in [1.165, 1.54) is 0 Å². The van der Waals surface area contributed by atoms with Crippen LogP contribution in [0.2, 0.25) is 0 Å². The number of anilines is 2. The molecule has 35 heavy (non-hydrogen) atoms. The topological polar surface area (TPSA) is 93.8 Å². The maximum Gasteiger partial charge on any atom is 0.260 e. The third-order valence-corrected chi connectivity index (χ3v) is 7.00. The van der Waals surface area contributed by atoms with Crippen molar-refractivity contribution >= 4 is 57.3 Å². The Balaban J connectivity index is 1.35. The lowest BCUT2D eigenvalue weighted by atomic mass is 9.95. The summed E-state index contributed by atoms with van der Waals surface area (Å²) >= 11 is 2.17. The van der Waals surface area contributed by atoms with E-state index in [4.69, 9.17) is 0 Å². The zero-order valence-electron chi connectivity index (χ0n) is 19.9. The summed E-state index contributed by atoms with van der Waals surface area (Å²) in [5.74, 6) is -0.566.